The van der Waals surface area contributed by atoms with Gasteiger partial charge in [0.15, 0.2) is 6.61 Å². The molecule has 1 heterocycles. The highest BCUT2D eigenvalue weighted by molar-refractivity contribution is 5.78. The molecule has 0 aromatic heterocycles. The molecule has 21 heavy (non-hydrogen) atoms. The summed E-state index contributed by atoms with van der Waals surface area (Å²) in [7, 11) is 0. The van der Waals surface area contributed by atoms with E-state index in [9.17, 15) is 4.79 Å². The molecular formula is C18H27NO2. The van der Waals surface area contributed by atoms with Gasteiger partial charge >= 0.3 is 0 Å². The number of hydrogen-bond donors (Lipinski definition) is 0. The largest absolute Gasteiger partial charge is 0.484 e. The third-order valence-corrected chi connectivity index (χ3v) is 4.37. The van der Waals surface area contributed by atoms with Gasteiger partial charge in [0.05, 0.1) is 0 Å². The van der Waals surface area contributed by atoms with Crippen LogP contribution in [0.3, 0.4) is 0 Å². The maximum absolute atomic E-state index is 12.4. The van der Waals surface area contributed by atoms with Gasteiger partial charge in [0.25, 0.3) is 5.91 Å². The van der Waals surface area contributed by atoms with Crippen molar-refractivity contribution in [2.75, 3.05) is 6.61 Å². The van der Waals surface area contributed by atoms with Gasteiger partial charge in [0.2, 0.25) is 0 Å². The zero-order chi connectivity index (χ0) is 15.4. The molecular weight excluding hydrogens is 262 g/mol. The summed E-state index contributed by atoms with van der Waals surface area (Å²) in [6, 6.07) is 8.68. The maximum atomic E-state index is 12.4. The van der Waals surface area contributed by atoms with Crippen LogP contribution in [0, 0.1) is 0 Å². The first-order valence-corrected chi connectivity index (χ1v) is 8.03. The van der Waals surface area contributed by atoms with E-state index in [1.807, 2.05) is 23.1 Å². The van der Waals surface area contributed by atoms with Gasteiger partial charge in [-0.15, -0.1) is 0 Å². The maximum Gasteiger partial charge on any atom is 0.260 e. The van der Waals surface area contributed by atoms with Gasteiger partial charge < -0.3 is 9.64 Å². The summed E-state index contributed by atoms with van der Waals surface area (Å²) in [5.41, 5.74) is 1.24. The first kappa shape index (κ1) is 15.9. The predicted octanol–water partition coefficient (Wildman–Crippen LogP) is 3.98. The monoisotopic (exact) mass is 289 g/mol. The Morgan fingerprint density at radius 1 is 1.29 bits per heavy atom. The van der Waals surface area contributed by atoms with Gasteiger partial charge in [0, 0.05) is 12.1 Å². The molecule has 0 N–H and O–H groups in total. The minimum Gasteiger partial charge on any atom is -0.484 e. The summed E-state index contributed by atoms with van der Waals surface area (Å²) < 4.78 is 5.72. The molecule has 0 spiro atoms. The van der Waals surface area contributed by atoms with Crippen molar-refractivity contribution < 1.29 is 9.53 Å². The van der Waals surface area contributed by atoms with Crippen molar-refractivity contribution >= 4 is 5.91 Å². The molecule has 116 valence electrons. The second-order valence-electron chi connectivity index (χ2n) is 6.45. The summed E-state index contributed by atoms with van der Waals surface area (Å²) in [6.45, 7) is 8.71. The van der Waals surface area contributed by atoms with E-state index >= 15 is 0 Å². The molecule has 0 radical (unpaired) electrons. The molecule has 2 rings (SSSR count). The molecule has 2 unspecified atom stereocenters. The van der Waals surface area contributed by atoms with E-state index in [0.717, 1.165) is 18.6 Å². The Labute approximate surface area is 128 Å². The lowest BCUT2D eigenvalue weighted by Crippen LogP contribution is -2.49. The quantitative estimate of drug-likeness (QED) is 0.839. The average Bonchev–Trinajstić information content (AvgIpc) is 2.45. The zero-order valence-corrected chi connectivity index (χ0v) is 13.6. The summed E-state index contributed by atoms with van der Waals surface area (Å²) in [5, 5.41) is 0. The summed E-state index contributed by atoms with van der Waals surface area (Å²) in [5.74, 6) is 1.35. The number of likely N-dealkylation sites (tertiary alicyclic amines) is 1. The summed E-state index contributed by atoms with van der Waals surface area (Å²) >= 11 is 0. The van der Waals surface area contributed by atoms with Crippen LogP contribution in [0.25, 0.3) is 0 Å². The third-order valence-electron chi connectivity index (χ3n) is 4.37. The summed E-state index contributed by atoms with van der Waals surface area (Å²) in [4.78, 5) is 14.4. The van der Waals surface area contributed by atoms with Crippen molar-refractivity contribution in [3.63, 3.8) is 0 Å². The van der Waals surface area contributed by atoms with E-state index in [4.69, 9.17) is 4.74 Å². The topological polar surface area (TPSA) is 29.5 Å². The normalized spacial score (nSPS) is 22.4. The van der Waals surface area contributed by atoms with Crippen LogP contribution in [0.5, 0.6) is 5.75 Å². The zero-order valence-electron chi connectivity index (χ0n) is 13.6. The van der Waals surface area contributed by atoms with Crippen LogP contribution in [0.1, 0.15) is 58.4 Å². The first-order chi connectivity index (χ1) is 9.99. The Bertz CT molecular complexity index is 474. The molecule has 1 aliphatic heterocycles. The minimum atomic E-state index is 0.102. The highest BCUT2D eigenvalue weighted by Gasteiger charge is 2.28. The number of rotatable bonds is 4. The van der Waals surface area contributed by atoms with Crippen LogP contribution in [0.2, 0.25) is 0 Å². The molecule has 0 saturated carbocycles. The van der Waals surface area contributed by atoms with E-state index in [1.165, 1.54) is 12.0 Å². The molecule has 3 nitrogen and oxygen atoms in total. The molecule has 0 bridgehead atoms. The minimum absolute atomic E-state index is 0.102. The van der Waals surface area contributed by atoms with E-state index in [0.29, 0.717) is 18.0 Å². The van der Waals surface area contributed by atoms with Crippen molar-refractivity contribution in [3.8, 4) is 5.75 Å². The van der Waals surface area contributed by atoms with Crippen molar-refractivity contribution in [1.29, 1.82) is 0 Å². The smallest absolute Gasteiger partial charge is 0.260 e. The fourth-order valence-corrected chi connectivity index (χ4v) is 3.10. The lowest BCUT2D eigenvalue weighted by molar-refractivity contribution is -0.139. The lowest BCUT2D eigenvalue weighted by atomic mass is 9.97. The first-order valence-electron chi connectivity index (χ1n) is 8.03. The van der Waals surface area contributed by atoms with Gasteiger partial charge in [-0.1, -0.05) is 26.0 Å². The fraction of sp³-hybridized carbons (Fsp3) is 0.611. The van der Waals surface area contributed by atoms with Crippen LogP contribution in [0.15, 0.2) is 24.3 Å². The fourth-order valence-electron chi connectivity index (χ4n) is 3.10. The molecule has 1 saturated heterocycles. The van der Waals surface area contributed by atoms with Crippen molar-refractivity contribution in [3.05, 3.63) is 29.8 Å². The Balaban J connectivity index is 1.96. The van der Waals surface area contributed by atoms with Crippen molar-refractivity contribution in [1.82, 2.24) is 4.90 Å². The van der Waals surface area contributed by atoms with Crippen molar-refractivity contribution in [2.45, 2.75) is 65.0 Å². The van der Waals surface area contributed by atoms with Crippen LogP contribution in [-0.2, 0) is 4.79 Å². The second-order valence-corrected chi connectivity index (χ2v) is 6.45. The van der Waals surface area contributed by atoms with Crippen LogP contribution in [0.4, 0.5) is 0 Å². The molecule has 0 aliphatic carbocycles. The van der Waals surface area contributed by atoms with Gasteiger partial charge in [-0.05, 0) is 56.7 Å². The van der Waals surface area contributed by atoms with Crippen molar-refractivity contribution in [2.24, 2.45) is 0 Å². The standard InChI is InChI=1S/C18H27NO2/c1-13(2)16-9-6-10-17(11-16)21-12-18(20)19-14(3)7-5-8-15(19)4/h6,9-11,13-15H,5,7-8,12H2,1-4H3. The van der Waals surface area contributed by atoms with Gasteiger partial charge in [-0.3, -0.25) is 4.79 Å². The Morgan fingerprint density at radius 2 is 1.95 bits per heavy atom. The molecule has 3 heteroatoms. The number of nitrogens with zero attached hydrogens (tertiary/aromatic N) is 1. The Hall–Kier alpha value is -1.51. The third kappa shape index (κ3) is 3.99. The van der Waals surface area contributed by atoms with E-state index in [-0.39, 0.29) is 12.5 Å². The SMILES string of the molecule is CC(C)c1cccc(OCC(=O)N2C(C)CCCC2C)c1. The van der Waals surface area contributed by atoms with Crippen LogP contribution >= 0.6 is 0 Å². The Morgan fingerprint density at radius 3 is 2.57 bits per heavy atom. The molecule has 1 aromatic rings. The number of benzene rings is 1. The number of amides is 1. The number of carbonyl (C=O) groups excluding carboxylic acids is 1. The lowest BCUT2D eigenvalue weighted by Gasteiger charge is -2.39. The summed E-state index contributed by atoms with van der Waals surface area (Å²) in [6.07, 6.45) is 3.40. The van der Waals surface area contributed by atoms with E-state index in [1.54, 1.807) is 0 Å². The van der Waals surface area contributed by atoms with E-state index in [2.05, 4.69) is 33.8 Å². The predicted molar refractivity (Wildman–Crippen MR) is 85.6 cm³/mol. The number of ether oxygens (including phenoxy) is 1. The average molecular weight is 289 g/mol. The van der Waals surface area contributed by atoms with Gasteiger partial charge in [-0.2, -0.15) is 0 Å². The molecule has 1 aromatic carbocycles. The second kappa shape index (κ2) is 6.97. The molecule has 1 amide bonds. The molecule has 2 atom stereocenters. The molecule has 1 aliphatic rings. The number of hydrogen-bond acceptors (Lipinski definition) is 2. The van der Waals surface area contributed by atoms with Crippen LogP contribution in [-0.4, -0.2) is 29.5 Å². The Kier molecular flexibility index (Phi) is 5.27. The highest BCUT2D eigenvalue weighted by Crippen LogP contribution is 2.23. The van der Waals surface area contributed by atoms with E-state index < -0.39 is 0 Å². The van der Waals surface area contributed by atoms with Gasteiger partial charge in [0.1, 0.15) is 5.75 Å². The highest BCUT2D eigenvalue weighted by atomic mass is 16.5. The number of piperidine rings is 1. The number of carbonyl (C=O) groups is 1. The van der Waals surface area contributed by atoms with Gasteiger partial charge in [-0.25, -0.2) is 0 Å². The van der Waals surface area contributed by atoms with Crippen LogP contribution < -0.4 is 4.74 Å². The molecule has 1 fully saturated rings.